The first kappa shape index (κ1) is 13.7. The molecule has 1 aliphatic heterocycles. The van der Waals surface area contributed by atoms with Gasteiger partial charge in [-0.1, -0.05) is 0 Å². The molecule has 5 heteroatoms. The Hall–Kier alpha value is -1.75. The number of nitrogens with zero attached hydrogens (tertiary/aromatic N) is 1. The lowest BCUT2D eigenvalue weighted by Gasteiger charge is -2.32. The van der Waals surface area contributed by atoms with Crippen molar-refractivity contribution in [2.45, 2.75) is 12.8 Å². The molecule has 1 heterocycles. The number of carbonyl (C=O) groups is 1. The summed E-state index contributed by atoms with van der Waals surface area (Å²) in [6, 6.07) is 4.20. The average molecular weight is 264 g/mol. The molecule has 1 aliphatic rings. The molecule has 1 aromatic carbocycles. The zero-order valence-corrected chi connectivity index (χ0v) is 11.1. The molecule has 1 fully saturated rings. The fourth-order valence-electron chi connectivity index (χ4n) is 2.54. The van der Waals surface area contributed by atoms with Gasteiger partial charge in [-0.3, -0.25) is 4.79 Å². The fourth-order valence-corrected chi connectivity index (χ4v) is 2.54. The largest absolute Gasteiger partial charge is 0.504 e. The van der Waals surface area contributed by atoms with E-state index < -0.39 is 0 Å². The normalized spacial score (nSPS) is 19.4. The van der Waals surface area contributed by atoms with E-state index in [1.165, 1.54) is 12.1 Å². The van der Waals surface area contributed by atoms with Crippen molar-refractivity contribution in [3.05, 3.63) is 23.8 Å². The molecule has 1 atom stereocenters. The van der Waals surface area contributed by atoms with Gasteiger partial charge in [0.1, 0.15) is 0 Å². The summed E-state index contributed by atoms with van der Waals surface area (Å²) in [7, 11) is 1.92. The predicted molar refractivity (Wildman–Crippen MR) is 72.3 cm³/mol. The molecular weight excluding hydrogens is 244 g/mol. The maximum atomic E-state index is 12.3. The van der Waals surface area contributed by atoms with Crippen LogP contribution < -0.4 is 5.32 Å². The maximum Gasteiger partial charge on any atom is 0.254 e. The van der Waals surface area contributed by atoms with Crippen LogP contribution in [0, 0.1) is 5.92 Å². The van der Waals surface area contributed by atoms with Crippen LogP contribution in [0.15, 0.2) is 18.2 Å². The van der Waals surface area contributed by atoms with E-state index in [1.54, 1.807) is 6.07 Å². The molecule has 0 aromatic heterocycles. The van der Waals surface area contributed by atoms with Gasteiger partial charge in [-0.15, -0.1) is 0 Å². The highest BCUT2D eigenvalue weighted by atomic mass is 16.3. The minimum Gasteiger partial charge on any atom is -0.504 e. The number of hydrogen-bond acceptors (Lipinski definition) is 4. The second-order valence-corrected chi connectivity index (χ2v) is 5.02. The Morgan fingerprint density at radius 2 is 2.21 bits per heavy atom. The van der Waals surface area contributed by atoms with Gasteiger partial charge >= 0.3 is 0 Å². The molecule has 1 saturated heterocycles. The van der Waals surface area contributed by atoms with Gasteiger partial charge in [0.15, 0.2) is 11.5 Å². The number of aromatic hydroxyl groups is 2. The fraction of sp³-hybridized carbons (Fsp3) is 0.500. The van der Waals surface area contributed by atoms with Gasteiger partial charge in [0.25, 0.3) is 5.91 Å². The Morgan fingerprint density at radius 1 is 1.42 bits per heavy atom. The van der Waals surface area contributed by atoms with Crippen LogP contribution in [-0.4, -0.2) is 47.7 Å². The van der Waals surface area contributed by atoms with Crippen molar-refractivity contribution in [2.75, 3.05) is 26.7 Å². The van der Waals surface area contributed by atoms with Crippen LogP contribution >= 0.6 is 0 Å². The summed E-state index contributed by atoms with van der Waals surface area (Å²) < 4.78 is 0. The van der Waals surface area contributed by atoms with Crippen molar-refractivity contribution < 1.29 is 15.0 Å². The molecule has 5 nitrogen and oxygen atoms in total. The molecule has 0 saturated carbocycles. The zero-order chi connectivity index (χ0) is 13.8. The minimum absolute atomic E-state index is 0.0869. The number of piperidine rings is 1. The zero-order valence-electron chi connectivity index (χ0n) is 11.1. The molecule has 0 spiro atoms. The van der Waals surface area contributed by atoms with Crippen molar-refractivity contribution in [2.24, 2.45) is 5.92 Å². The standard InChI is InChI=1S/C14H20N2O3/c1-15-8-10-3-2-6-16(9-10)14(19)11-4-5-12(17)13(18)7-11/h4-5,7,10,15,17-18H,2-3,6,8-9H2,1H3. The van der Waals surface area contributed by atoms with Crippen molar-refractivity contribution in [1.82, 2.24) is 10.2 Å². The summed E-state index contributed by atoms with van der Waals surface area (Å²) in [5, 5.41) is 21.9. The molecular formula is C14H20N2O3. The number of amides is 1. The lowest BCUT2D eigenvalue weighted by molar-refractivity contribution is 0.0674. The maximum absolute atomic E-state index is 12.3. The van der Waals surface area contributed by atoms with E-state index in [2.05, 4.69) is 5.32 Å². The van der Waals surface area contributed by atoms with Gasteiger partial charge in [0, 0.05) is 18.7 Å². The molecule has 1 unspecified atom stereocenters. The number of nitrogens with one attached hydrogen (secondary N) is 1. The number of hydrogen-bond donors (Lipinski definition) is 3. The first-order valence-corrected chi connectivity index (χ1v) is 6.57. The van der Waals surface area contributed by atoms with Crippen LogP contribution in [0.2, 0.25) is 0 Å². The monoisotopic (exact) mass is 264 g/mol. The van der Waals surface area contributed by atoms with E-state index >= 15 is 0 Å². The first-order chi connectivity index (χ1) is 9.11. The Morgan fingerprint density at radius 3 is 2.89 bits per heavy atom. The summed E-state index contributed by atoms with van der Waals surface area (Å²) in [5.41, 5.74) is 0.417. The molecule has 2 rings (SSSR count). The van der Waals surface area contributed by atoms with E-state index in [4.69, 9.17) is 0 Å². The van der Waals surface area contributed by atoms with Crippen LogP contribution in [0.1, 0.15) is 23.2 Å². The van der Waals surface area contributed by atoms with Crippen molar-refractivity contribution in [3.8, 4) is 11.5 Å². The quantitative estimate of drug-likeness (QED) is 0.717. The highest BCUT2D eigenvalue weighted by molar-refractivity contribution is 5.95. The molecule has 3 N–H and O–H groups in total. The van der Waals surface area contributed by atoms with Crippen LogP contribution in [-0.2, 0) is 0 Å². The van der Waals surface area contributed by atoms with E-state index in [0.29, 0.717) is 11.5 Å². The van der Waals surface area contributed by atoms with Crippen LogP contribution in [0.3, 0.4) is 0 Å². The van der Waals surface area contributed by atoms with E-state index in [9.17, 15) is 15.0 Å². The topological polar surface area (TPSA) is 72.8 Å². The van der Waals surface area contributed by atoms with Gasteiger partial charge in [0.05, 0.1) is 0 Å². The number of likely N-dealkylation sites (tertiary alicyclic amines) is 1. The summed E-state index contributed by atoms with van der Waals surface area (Å²) in [6.45, 7) is 2.40. The third kappa shape index (κ3) is 3.17. The third-order valence-electron chi connectivity index (χ3n) is 3.52. The van der Waals surface area contributed by atoms with Crippen LogP contribution in [0.4, 0.5) is 0 Å². The number of rotatable bonds is 3. The number of phenolic OH excluding ortho intramolecular Hbond substituents is 2. The Kier molecular flexibility index (Phi) is 4.27. The molecule has 1 amide bonds. The second kappa shape index (κ2) is 5.93. The van der Waals surface area contributed by atoms with E-state index in [-0.39, 0.29) is 17.4 Å². The van der Waals surface area contributed by atoms with Crippen molar-refractivity contribution in [3.63, 3.8) is 0 Å². The second-order valence-electron chi connectivity index (χ2n) is 5.02. The van der Waals surface area contributed by atoms with Gasteiger partial charge in [-0.05, 0) is 50.6 Å². The highest BCUT2D eigenvalue weighted by Crippen LogP contribution is 2.26. The van der Waals surface area contributed by atoms with Gasteiger partial charge < -0.3 is 20.4 Å². The number of benzene rings is 1. The molecule has 104 valence electrons. The molecule has 19 heavy (non-hydrogen) atoms. The van der Waals surface area contributed by atoms with Gasteiger partial charge in [-0.2, -0.15) is 0 Å². The predicted octanol–water partition coefficient (Wildman–Crippen LogP) is 1.17. The van der Waals surface area contributed by atoms with Gasteiger partial charge in [-0.25, -0.2) is 0 Å². The molecule has 0 radical (unpaired) electrons. The van der Waals surface area contributed by atoms with Crippen LogP contribution in [0.25, 0.3) is 0 Å². The van der Waals surface area contributed by atoms with Crippen molar-refractivity contribution in [1.29, 1.82) is 0 Å². The molecule has 0 bridgehead atoms. The minimum atomic E-state index is -0.255. The highest BCUT2D eigenvalue weighted by Gasteiger charge is 2.24. The number of phenols is 2. The van der Waals surface area contributed by atoms with Crippen molar-refractivity contribution >= 4 is 5.91 Å². The Labute approximate surface area is 112 Å². The van der Waals surface area contributed by atoms with E-state index in [0.717, 1.165) is 32.5 Å². The Balaban J connectivity index is 2.08. The molecule has 1 aromatic rings. The van der Waals surface area contributed by atoms with Gasteiger partial charge in [0.2, 0.25) is 0 Å². The third-order valence-corrected chi connectivity index (χ3v) is 3.52. The van der Waals surface area contributed by atoms with Crippen LogP contribution in [0.5, 0.6) is 11.5 Å². The lowest BCUT2D eigenvalue weighted by atomic mass is 9.97. The Bertz CT molecular complexity index is 460. The first-order valence-electron chi connectivity index (χ1n) is 6.57. The lowest BCUT2D eigenvalue weighted by Crippen LogP contribution is -2.42. The molecule has 0 aliphatic carbocycles. The summed E-state index contributed by atoms with van der Waals surface area (Å²) in [6.07, 6.45) is 2.13. The average Bonchev–Trinajstić information content (AvgIpc) is 2.42. The summed E-state index contributed by atoms with van der Waals surface area (Å²) in [4.78, 5) is 14.1. The SMILES string of the molecule is CNCC1CCCN(C(=O)c2ccc(O)c(O)c2)C1. The summed E-state index contributed by atoms with van der Waals surface area (Å²) >= 11 is 0. The van der Waals surface area contributed by atoms with E-state index in [1.807, 2.05) is 11.9 Å². The smallest absolute Gasteiger partial charge is 0.254 e. The summed E-state index contributed by atoms with van der Waals surface area (Å²) in [5.74, 6) is -0.0672. The number of carbonyl (C=O) groups excluding carboxylic acids is 1.